The minimum absolute atomic E-state index is 0.126. The molecule has 3 rings (SSSR count). The van der Waals surface area contributed by atoms with Crippen LogP contribution >= 0.6 is 0 Å². The number of fused-ring (bicyclic) bond motifs is 1. The number of rotatable bonds is 1. The fourth-order valence-electron chi connectivity index (χ4n) is 2.47. The van der Waals surface area contributed by atoms with E-state index >= 15 is 0 Å². The molecule has 0 aromatic heterocycles. The molecule has 0 aliphatic carbocycles. The molecule has 0 amide bonds. The Bertz CT molecular complexity index is 563. The average Bonchev–Trinajstić information content (AvgIpc) is 2.71. The first kappa shape index (κ1) is 10.5. The molecule has 1 N–H and O–H groups in total. The fourth-order valence-corrected chi connectivity index (χ4v) is 2.47. The van der Waals surface area contributed by atoms with Gasteiger partial charge in [-0.1, -0.05) is 35.9 Å². The zero-order valence-electron chi connectivity index (χ0n) is 9.70. The molecule has 1 aliphatic heterocycles. The lowest BCUT2D eigenvalue weighted by Crippen LogP contribution is -2.13. The summed E-state index contributed by atoms with van der Waals surface area (Å²) >= 11 is 0. The van der Waals surface area contributed by atoms with Crippen molar-refractivity contribution >= 4 is 0 Å². The SMILES string of the molecule is Cc1ccc2c(c1)CNC2c1cccc(F)c1. The van der Waals surface area contributed by atoms with E-state index in [4.69, 9.17) is 0 Å². The van der Waals surface area contributed by atoms with Crippen molar-refractivity contribution in [2.24, 2.45) is 0 Å². The summed E-state index contributed by atoms with van der Waals surface area (Å²) in [7, 11) is 0. The van der Waals surface area contributed by atoms with Crippen molar-refractivity contribution in [3.05, 3.63) is 70.5 Å². The molecule has 0 saturated heterocycles. The number of aryl methyl sites for hydroxylation is 1. The molecule has 86 valence electrons. The number of nitrogens with one attached hydrogen (secondary N) is 1. The van der Waals surface area contributed by atoms with E-state index in [0.29, 0.717) is 0 Å². The summed E-state index contributed by atoms with van der Waals surface area (Å²) in [6, 6.07) is 13.4. The quantitative estimate of drug-likeness (QED) is 0.788. The molecule has 0 saturated carbocycles. The first-order valence-electron chi connectivity index (χ1n) is 5.82. The van der Waals surface area contributed by atoms with Gasteiger partial charge in [0.05, 0.1) is 6.04 Å². The standard InChI is InChI=1S/C15H14FN/c1-10-5-6-14-12(7-10)9-17-15(14)11-3-2-4-13(16)8-11/h2-8,15,17H,9H2,1H3. The second-order valence-electron chi connectivity index (χ2n) is 4.57. The molecule has 17 heavy (non-hydrogen) atoms. The van der Waals surface area contributed by atoms with E-state index in [2.05, 4.69) is 30.4 Å². The van der Waals surface area contributed by atoms with Crippen molar-refractivity contribution in [3.8, 4) is 0 Å². The molecule has 1 unspecified atom stereocenters. The van der Waals surface area contributed by atoms with Gasteiger partial charge in [-0.15, -0.1) is 0 Å². The van der Waals surface area contributed by atoms with E-state index in [1.54, 1.807) is 12.1 Å². The Morgan fingerprint density at radius 2 is 2.06 bits per heavy atom. The summed E-state index contributed by atoms with van der Waals surface area (Å²) in [5, 5.41) is 3.43. The summed E-state index contributed by atoms with van der Waals surface area (Å²) in [5.41, 5.74) is 4.85. The molecule has 1 heterocycles. The highest BCUT2D eigenvalue weighted by Gasteiger charge is 2.23. The zero-order valence-corrected chi connectivity index (χ0v) is 9.70. The van der Waals surface area contributed by atoms with Crippen molar-refractivity contribution in [1.82, 2.24) is 5.32 Å². The van der Waals surface area contributed by atoms with Gasteiger partial charge in [0, 0.05) is 6.54 Å². The van der Waals surface area contributed by atoms with E-state index in [1.807, 2.05) is 6.07 Å². The molecule has 2 aromatic carbocycles. The summed E-state index contributed by atoms with van der Waals surface area (Å²) in [4.78, 5) is 0. The molecule has 1 aliphatic rings. The molecule has 0 radical (unpaired) electrons. The molecule has 0 fully saturated rings. The van der Waals surface area contributed by atoms with Gasteiger partial charge in [0.2, 0.25) is 0 Å². The number of hydrogen-bond donors (Lipinski definition) is 1. The van der Waals surface area contributed by atoms with E-state index in [1.165, 1.54) is 22.8 Å². The second kappa shape index (κ2) is 3.97. The van der Waals surface area contributed by atoms with Crippen LogP contribution in [0.25, 0.3) is 0 Å². The van der Waals surface area contributed by atoms with Gasteiger partial charge in [0.25, 0.3) is 0 Å². The fraction of sp³-hybridized carbons (Fsp3) is 0.200. The zero-order chi connectivity index (χ0) is 11.8. The molecular weight excluding hydrogens is 213 g/mol. The van der Waals surface area contributed by atoms with Crippen molar-refractivity contribution in [1.29, 1.82) is 0 Å². The molecular formula is C15H14FN. The molecule has 2 heteroatoms. The predicted octanol–water partition coefficient (Wildman–Crippen LogP) is 3.33. The predicted molar refractivity (Wildman–Crippen MR) is 66.3 cm³/mol. The van der Waals surface area contributed by atoms with Crippen LogP contribution in [-0.4, -0.2) is 0 Å². The van der Waals surface area contributed by atoms with Crippen LogP contribution in [0.1, 0.15) is 28.3 Å². The van der Waals surface area contributed by atoms with Gasteiger partial charge in [-0.25, -0.2) is 4.39 Å². The van der Waals surface area contributed by atoms with Crippen LogP contribution in [0.5, 0.6) is 0 Å². The van der Waals surface area contributed by atoms with Crippen molar-refractivity contribution in [2.45, 2.75) is 19.5 Å². The highest BCUT2D eigenvalue weighted by Crippen LogP contribution is 2.31. The van der Waals surface area contributed by atoms with Crippen LogP contribution in [0.3, 0.4) is 0 Å². The largest absolute Gasteiger partial charge is 0.302 e. The highest BCUT2D eigenvalue weighted by atomic mass is 19.1. The summed E-state index contributed by atoms with van der Waals surface area (Å²) in [6.45, 7) is 2.95. The Labute approximate surface area is 100 Å². The number of hydrogen-bond acceptors (Lipinski definition) is 1. The lowest BCUT2D eigenvalue weighted by Gasteiger charge is -2.12. The third-order valence-corrected chi connectivity index (χ3v) is 3.29. The molecule has 0 bridgehead atoms. The van der Waals surface area contributed by atoms with E-state index in [-0.39, 0.29) is 11.9 Å². The Morgan fingerprint density at radius 3 is 2.88 bits per heavy atom. The van der Waals surface area contributed by atoms with Crippen LogP contribution in [0.15, 0.2) is 42.5 Å². The Balaban J connectivity index is 2.04. The minimum Gasteiger partial charge on any atom is -0.302 e. The molecule has 0 spiro atoms. The van der Waals surface area contributed by atoms with Crippen LogP contribution in [0.2, 0.25) is 0 Å². The lowest BCUT2D eigenvalue weighted by molar-refractivity contribution is 0.614. The monoisotopic (exact) mass is 227 g/mol. The smallest absolute Gasteiger partial charge is 0.123 e. The Morgan fingerprint density at radius 1 is 1.18 bits per heavy atom. The first-order valence-corrected chi connectivity index (χ1v) is 5.82. The van der Waals surface area contributed by atoms with E-state index < -0.39 is 0 Å². The maximum Gasteiger partial charge on any atom is 0.123 e. The Kier molecular flexibility index (Phi) is 2.45. The lowest BCUT2D eigenvalue weighted by atomic mass is 9.97. The summed E-state index contributed by atoms with van der Waals surface area (Å²) in [6.07, 6.45) is 0. The van der Waals surface area contributed by atoms with Gasteiger partial charge in [0.15, 0.2) is 0 Å². The number of halogens is 1. The van der Waals surface area contributed by atoms with Gasteiger partial charge in [0.1, 0.15) is 5.82 Å². The minimum atomic E-state index is -0.176. The summed E-state index contributed by atoms with van der Waals surface area (Å²) in [5.74, 6) is -0.176. The second-order valence-corrected chi connectivity index (χ2v) is 4.57. The van der Waals surface area contributed by atoms with Crippen molar-refractivity contribution in [3.63, 3.8) is 0 Å². The van der Waals surface area contributed by atoms with Gasteiger partial charge in [-0.05, 0) is 35.7 Å². The third kappa shape index (κ3) is 1.85. The average molecular weight is 227 g/mol. The van der Waals surface area contributed by atoms with Crippen LogP contribution in [0.4, 0.5) is 4.39 Å². The Hall–Kier alpha value is -1.67. The van der Waals surface area contributed by atoms with Gasteiger partial charge < -0.3 is 5.32 Å². The van der Waals surface area contributed by atoms with Crippen LogP contribution in [-0.2, 0) is 6.54 Å². The third-order valence-electron chi connectivity index (χ3n) is 3.29. The maximum atomic E-state index is 13.2. The van der Waals surface area contributed by atoms with Gasteiger partial charge in [-0.3, -0.25) is 0 Å². The topological polar surface area (TPSA) is 12.0 Å². The molecule has 2 aromatic rings. The van der Waals surface area contributed by atoms with E-state index in [9.17, 15) is 4.39 Å². The number of benzene rings is 2. The normalized spacial score (nSPS) is 18.1. The summed E-state index contributed by atoms with van der Waals surface area (Å²) < 4.78 is 13.2. The molecule has 1 atom stereocenters. The van der Waals surface area contributed by atoms with Crippen molar-refractivity contribution < 1.29 is 4.39 Å². The maximum absolute atomic E-state index is 13.2. The molecule has 1 nitrogen and oxygen atoms in total. The van der Waals surface area contributed by atoms with Crippen LogP contribution in [0, 0.1) is 12.7 Å². The van der Waals surface area contributed by atoms with Gasteiger partial charge in [-0.2, -0.15) is 0 Å². The van der Waals surface area contributed by atoms with Crippen molar-refractivity contribution in [2.75, 3.05) is 0 Å². The van der Waals surface area contributed by atoms with Gasteiger partial charge >= 0.3 is 0 Å². The first-order chi connectivity index (χ1) is 8.24. The van der Waals surface area contributed by atoms with E-state index in [0.717, 1.165) is 12.1 Å². The van der Waals surface area contributed by atoms with Crippen LogP contribution < -0.4 is 5.32 Å². The highest BCUT2D eigenvalue weighted by molar-refractivity contribution is 5.42.